The van der Waals surface area contributed by atoms with Crippen molar-refractivity contribution in [1.29, 1.82) is 0 Å². The van der Waals surface area contributed by atoms with E-state index >= 15 is 0 Å². The summed E-state index contributed by atoms with van der Waals surface area (Å²) in [5.41, 5.74) is 0.778. The number of ether oxygens (including phenoxy) is 1. The van der Waals surface area contributed by atoms with Crippen molar-refractivity contribution >= 4 is 12.2 Å². The van der Waals surface area contributed by atoms with Crippen LogP contribution in [0.2, 0.25) is 0 Å². The van der Waals surface area contributed by atoms with Crippen LogP contribution in [0.1, 0.15) is 11.4 Å². The van der Waals surface area contributed by atoms with Crippen molar-refractivity contribution < 1.29 is 4.74 Å². The van der Waals surface area contributed by atoms with E-state index in [1.54, 1.807) is 24.7 Å². The molecule has 1 aromatic carbocycles. The van der Waals surface area contributed by atoms with Crippen LogP contribution < -0.4 is 10.3 Å². The molecule has 2 aromatic heterocycles. The molecule has 6 nitrogen and oxygen atoms in total. The Balaban J connectivity index is 1.70. The fourth-order valence-electron chi connectivity index (χ4n) is 1.75. The molecule has 0 bridgehead atoms. The van der Waals surface area contributed by atoms with Crippen molar-refractivity contribution in [3.05, 3.63) is 76.9 Å². The zero-order valence-electron chi connectivity index (χ0n) is 11.5. The molecule has 22 heavy (non-hydrogen) atoms. The highest BCUT2D eigenvalue weighted by molar-refractivity contribution is 5.66. The minimum atomic E-state index is -0.178. The number of nitrogens with zero attached hydrogens (tertiary/aromatic N) is 3. The lowest BCUT2D eigenvalue weighted by molar-refractivity contribution is 0.460. The van der Waals surface area contributed by atoms with Crippen molar-refractivity contribution in [3.8, 4) is 11.6 Å². The molecule has 0 unspecified atom stereocenters. The van der Waals surface area contributed by atoms with Crippen molar-refractivity contribution in [2.24, 2.45) is 0 Å². The molecule has 0 saturated heterocycles. The highest BCUT2D eigenvalue weighted by Gasteiger charge is 1.97. The van der Waals surface area contributed by atoms with Crippen LogP contribution in [0, 0.1) is 0 Å². The Bertz CT molecular complexity index is 827. The third kappa shape index (κ3) is 3.63. The summed E-state index contributed by atoms with van der Waals surface area (Å²) in [5.74, 6) is 1.62. The Kier molecular flexibility index (Phi) is 4.01. The summed E-state index contributed by atoms with van der Waals surface area (Å²) in [6.45, 7) is 0. The first kappa shape index (κ1) is 13.7. The normalized spacial score (nSPS) is 10.7. The van der Waals surface area contributed by atoms with E-state index in [0.29, 0.717) is 17.5 Å². The molecular formula is C16H12N4O2. The maximum atomic E-state index is 11.2. The molecule has 0 spiro atoms. The van der Waals surface area contributed by atoms with Gasteiger partial charge in [0.05, 0.1) is 6.20 Å². The maximum absolute atomic E-state index is 11.2. The average Bonchev–Trinajstić information content (AvgIpc) is 2.55. The first-order valence-electron chi connectivity index (χ1n) is 6.57. The molecule has 2 heterocycles. The van der Waals surface area contributed by atoms with Gasteiger partial charge >= 0.3 is 0 Å². The van der Waals surface area contributed by atoms with E-state index in [2.05, 4.69) is 19.9 Å². The number of aromatic nitrogens is 4. The van der Waals surface area contributed by atoms with Gasteiger partial charge in [-0.2, -0.15) is 0 Å². The van der Waals surface area contributed by atoms with Gasteiger partial charge in [0, 0.05) is 24.7 Å². The Hall–Kier alpha value is -3.28. The third-order valence-corrected chi connectivity index (χ3v) is 2.77. The van der Waals surface area contributed by atoms with E-state index in [-0.39, 0.29) is 5.56 Å². The second kappa shape index (κ2) is 6.45. The molecule has 3 aromatic rings. The average molecular weight is 292 g/mol. The van der Waals surface area contributed by atoms with E-state index in [1.807, 2.05) is 30.3 Å². The number of H-pyrrole nitrogens is 1. The van der Waals surface area contributed by atoms with Gasteiger partial charge in [-0.25, -0.2) is 9.97 Å². The molecule has 3 rings (SSSR count). The molecule has 0 aliphatic rings. The first-order chi connectivity index (χ1) is 10.8. The summed E-state index contributed by atoms with van der Waals surface area (Å²) >= 11 is 0. The minimum absolute atomic E-state index is 0.178. The molecule has 108 valence electrons. The maximum Gasteiger partial charge on any atom is 0.251 e. The zero-order valence-corrected chi connectivity index (χ0v) is 11.5. The largest absolute Gasteiger partial charge is 0.438 e. The SMILES string of the molecule is O=c1ccnc(/C=C/c2ccc(Oc3cnccn3)cc2)[nH]1. The molecule has 0 amide bonds. The van der Waals surface area contributed by atoms with Crippen LogP contribution in [0.15, 0.2) is 59.9 Å². The number of aromatic amines is 1. The van der Waals surface area contributed by atoms with E-state index in [0.717, 1.165) is 5.56 Å². The summed E-state index contributed by atoms with van der Waals surface area (Å²) in [4.78, 5) is 25.8. The van der Waals surface area contributed by atoms with Crippen molar-refractivity contribution in [1.82, 2.24) is 19.9 Å². The Morgan fingerprint density at radius 1 is 0.955 bits per heavy atom. The van der Waals surface area contributed by atoms with E-state index < -0.39 is 0 Å². The molecule has 0 atom stereocenters. The van der Waals surface area contributed by atoms with Gasteiger partial charge in [-0.15, -0.1) is 0 Å². The van der Waals surface area contributed by atoms with Gasteiger partial charge in [-0.1, -0.05) is 18.2 Å². The number of nitrogens with one attached hydrogen (secondary N) is 1. The van der Waals surface area contributed by atoms with Gasteiger partial charge in [0.1, 0.15) is 11.6 Å². The molecule has 6 heteroatoms. The van der Waals surface area contributed by atoms with Gasteiger partial charge in [-0.3, -0.25) is 9.78 Å². The lowest BCUT2D eigenvalue weighted by atomic mass is 10.2. The fourth-order valence-corrected chi connectivity index (χ4v) is 1.75. The van der Waals surface area contributed by atoms with Crippen LogP contribution in [0.5, 0.6) is 11.6 Å². The highest BCUT2D eigenvalue weighted by atomic mass is 16.5. The van der Waals surface area contributed by atoms with Crippen LogP contribution in [-0.4, -0.2) is 19.9 Å². The van der Waals surface area contributed by atoms with Crippen LogP contribution in [0.3, 0.4) is 0 Å². The second-order valence-electron chi connectivity index (χ2n) is 4.37. The van der Waals surface area contributed by atoms with Crippen molar-refractivity contribution in [3.63, 3.8) is 0 Å². The molecule has 0 aliphatic heterocycles. The monoisotopic (exact) mass is 292 g/mol. The predicted octanol–water partition coefficient (Wildman–Crippen LogP) is 2.52. The van der Waals surface area contributed by atoms with Gasteiger partial charge in [0.15, 0.2) is 0 Å². The Labute approximate surface area is 126 Å². The number of hydrogen-bond acceptors (Lipinski definition) is 5. The summed E-state index contributed by atoms with van der Waals surface area (Å²) < 4.78 is 5.55. The minimum Gasteiger partial charge on any atom is -0.438 e. The van der Waals surface area contributed by atoms with Crippen LogP contribution in [-0.2, 0) is 0 Å². The standard InChI is InChI=1S/C16H12N4O2/c21-15-7-8-18-14(20-15)6-3-12-1-4-13(5-2-12)22-16-11-17-9-10-19-16/h1-11H,(H,18,20,21)/b6-3+. The molecule has 0 saturated carbocycles. The van der Waals surface area contributed by atoms with Crippen LogP contribution in [0.25, 0.3) is 12.2 Å². The highest BCUT2D eigenvalue weighted by Crippen LogP contribution is 2.19. The number of rotatable bonds is 4. The summed E-state index contributed by atoms with van der Waals surface area (Å²) in [7, 11) is 0. The molecule has 1 N–H and O–H groups in total. The number of hydrogen-bond donors (Lipinski definition) is 1. The Morgan fingerprint density at radius 3 is 2.55 bits per heavy atom. The lowest BCUT2D eigenvalue weighted by Gasteiger charge is -2.03. The predicted molar refractivity (Wildman–Crippen MR) is 82.3 cm³/mol. The van der Waals surface area contributed by atoms with Crippen LogP contribution in [0.4, 0.5) is 0 Å². The first-order valence-corrected chi connectivity index (χ1v) is 6.57. The lowest BCUT2D eigenvalue weighted by Crippen LogP contribution is -2.05. The van der Waals surface area contributed by atoms with Crippen molar-refractivity contribution in [2.75, 3.05) is 0 Å². The summed E-state index contributed by atoms with van der Waals surface area (Å²) in [6.07, 6.45) is 9.76. The number of benzene rings is 1. The molecular weight excluding hydrogens is 280 g/mol. The van der Waals surface area contributed by atoms with E-state index in [4.69, 9.17) is 4.74 Å². The van der Waals surface area contributed by atoms with Gasteiger partial charge in [0.2, 0.25) is 5.88 Å². The quantitative estimate of drug-likeness (QED) is 0.799. The van der Waals surface area contributed by atoms with Crippen molar-refractivity contribution in [2.45, 2.75) is 0 Å². The van der Waals surface area contributed by atoms with E-state index in [9.17, 15) is 4.79 Å². The fraction of sp³-hybridized carbons (Fsp3) is 0. The van der Waals surface area contributed by atoms with Gasteiger partial charge in [0.25, 0.3) is 5.56 Å². The van der Waals surface area contributed by atoms with Crippen LogP contribution >= 0.6 is 0 Å². The second-order valence-corrected chi connectivity index (χ2v) is 4.37. The zero-order chi connectivity index (χ0) is 15.2. The summed E-state index contributed by atoms with van der Waals surface area (Å²) in [5, 5.41) is 0. The Morgan fingerprint density at radius 2 is 1.82 bits per heavy atom. The van der Waals surface area contributed by atoms with Gasteiger partial charge in [-0.05, 0) is 23.8 Å². The van der Waals surface area contributed by atoms with Gasteiger partial charge < -0.3 is 9.72 Å². The molecule has 0 fully saturated rings. The summed E-state index contributed by atoms with van der Waals surface area (Å²) in [6, 6.07) is 8.81. The molecule has 0 aliphatic carbocycles. The third-order valence-electron chi connectivity index (χ3n) is 2.77. The topological polar surface area (TPSA) is 80.8 Å². The van der Waals surface area contributed by atoms with E-state index in [1.165, 1.54) is 12.3 Å². The smallest absolute Gasteiger partial charge is 0.251 e. The molecule has 0 radical (unpaired) electrons.